The molecule has 0 aliphatic rings. The van der Waals surface area contributed by atoms with Gasteiger partial charge in [0, 0.05) is 17.3 Å². The van der Waals surface area contributed by atoms with Crippen LogP contribution in [0.4, 0.5) is 5.69 Å². The second kappa shape index (κ2) is 8.86. The normalized spacial score (nSPS) is 11.1. The van der Waals surface area contributed by atoms with Crippen LogP contribution in [0.5, 0.6) is 0 Å². The molecule has 0 fully saturated rings. The molecule has 2 aromatic carbocycles. The molecule has 28 heavy (non-hydrogen) atoms. The molecule has 1 heterocycles. The molecule has 0 unspecified atom stereocenters. The zero-order chi connectivity index (χ0) is 19.9. The summed E-state index contributed by atoms with van der Waals surface area (Å²) in [6.45, 7) is 3.87. The first-order valence-corrected chi connectivity index (χ1v) is 9.10. The number of nitrogens with one attached hydrogen (secondary N) is 2. The predicted molar refractivity (Wildman–Crippen MR) is 110 cm³/mol. The Morgan fingerprint density at radius 2 is 1.75 bits per heavy atom. The van der Waals surface area contributed by atoms with Gasteiger partial charge in [0.1, 0.15) is 11.5 Å². The Hall–Kier alpha value is -3.60. The number of hydrogen-bond acceptors (Lipinski definition) is 3. The molecule has 0 spiro atoms. The van der Waals surface area contributed by atoms with Crippen LogP contribution in [0.1, 0.15) is 34.2 Å². The summed E-state index contributed by atoms with van der Waals surface area (Å²) in [5, 5.41) is 5.60. The average molecular weight is 374 g/mol. The van der Waals surface area contributed by atoms with Crippen molar-refractivity contribution in [3.8, 4) is 0 Å². The maximum atomic E-state index is 12.9. The number of benzene rings is 2. The van der Waals surface area contributed by atoms with E-state index in [9.17, 15) is 9.59 Å². The van der Waals surface area contributed by atoms with E-state index in [1.54, 1.807) is 24.3 Å². The summed E-state index contributed by atoms with van der Waals surface area (Å²) in [4.78, 5) is 25.6. The molecule has 0 aliphatic heterocycles. The third-order valence-corrected chi connectivity index (χ3v) is 4.36. The zero-order valence-corrected chi connectivity index (χ0v) is 15.9. The first-order chi connectivity index (χ1) is 13.6. The summed E-state index contributed by atoms with van der Waals surface area (Å²) in [6, 6.07) is 18.2. The van der Waals surface area contributed by atoms with Crippen molar-refractivity contribution in [3.63, 3.8) is 0 Å². The Balaban J connectivity index is 1.88. The lowest BCUT2D eigenvalue weighted by Gasteiger charge is -2.13. The molecule has 142 valence electrons. The highest BCUT2D eigenvalue weighted by Crippen LogP contribution is 2.17. The fourth-order valence-electron chi connectivity index (χ4n) is 2.83. The molecule has 3 aromatic rings. The van der Waals surface area contributed by atoms with E-state index in [-0.39, 0.29) is 11.6 Å². The van der Waals surface area contributed by atoms with Gasteiger partial charge >= 0.3 is 0 Å². The molecule has 0 saturated carbocycles. The van der Waals surface area contributed by atoms with Gasteiger partial charge in [-0.15, -0.1) is 0 Å². The van der Waals surface area contributed by atoms with Crippen molar-refractivity contribution in [2.45, 2.75) is 20.3 Å². The maximum absolute atomic E-state index is 12.9. The first kappa shape index (κ1) is 19.2. The van der Waals surface area contributed by atoms with Gasteiger partial charge in [-0.2, -0.15) is 0 Å². The van der Waals surface area contributed by atoms with Gasteiger partial charge in [-0.05, 0) is 48.7 Å². The number of amides is 2. The Morgan fingerprint density at radius 3 is 2.46 bits per heavy atom. The van der Waals surface area contributed by atoms with Crippen molar-refractivity contribution in [1.29, 1.82) is 0 Å². The molecular weight excluding hydrogens is 352 g/mol. The Morgan fingerprint density at radius 1 is 1.00 bits per heavy atom. The van der Waals surface area contributed by atoms with E-state index in [0.717, 1.165) is 17.5 Å². The minimum Gasteiger partial charge on any atom is -0.465 e. The average Bonchev–Trinajstić information content (AvgIpc) is 3.21. The topological polar surface area (TPSA) is 71.3 Å². The van der Waals surface area contributed by atoms with Crippen molar-refractivity contribution in [2.24, 2.45) is 0 Å². The van der Waals surface area contributed by atoms with Crippen LogP contribution in [-0.2, 0) is 11.2 Å². The first-order valence-electron chi connectivity index (χ1n) is 9.10. The second-order valence-electron chi connectivity index (χ2n) is 6.31. The van der Waals surface area contributed by atoms with Gasteiger partial charge in [-0.1, -0.05) is 43.3 Å². The number of anilines is 1. The van der Waals surface area contributed by atoms with Crippen LogP contribution in [0.25, 0.3) is 6.08 Å². The van der Waals surface area contributed by atoms with Crippen molar-refractivity contribution < 1.29 is 14.0 Å². The fraction of sp³-hybridized carbons (Fsp3) is 0.130. The quantitative estimate of drug-likeness (QED) is 0.621. The number of carbonyl (C=O) groups excluding carboxylic acids is 2. The van der Waals surface area contributed by atoms with Crippen molar-refractivity contribution in [2.75, 3.05) is 5.32 Å². The predicted octanol–water partition coefficient (Wildman–Crippen LogP) is 4.56. The summed E-state index contributed by atoms with van der Waals surface area (Å²) in [7, 11) is 0. The minimum absolute atomic E-state index is 0.106. The third kappa shape index (κ3) is 4.57. The molecule has 0 saturated heterocycles. The van der Waals surface area contributed by atoms with Crippen molar-refractivity contribution >= 4 is 23.6 Å². The number of hydrogen-bond donors (Lipinski definition) is 2. The Bertz CT molecular complexity index is 1000. The lowest BCUT2D eigenvalue weighted by Crippen LogP contribution is -2.31. The highest BCUT2D eigenvalue weighted by Gasteiger charge is 2.17. The highest BCUT2D eigenvalue weighted by molar-refractivity contribution is 6.11. The minimum atomic E-state index is -0.417. The van der Waals surface area contributed by atoms with E-state index in [1.807, 2.05) is 50.2 Å². The molecule has 0 bridgehead atoms. The molecule has 1 aromatic heterocycles. The number of rotatable bonds is 6. The molecule has 0 atom stereocenters. The van der Waals surface area contributed by atoms with Crippen molar-refractivity contribution in [1.82, 2.24) is 5.32 Å². The lowest BCUT2D eigenvalue weighted by atomic mass is 10.1. The summed E-state index contributed by atoms with van der Waals surface area (Å²) >= 11 is 0. The van der Waals surface area contributed by atoms with Crippen LogP contribution in [-0.4, -0.2) is 11.8 Å². The molecule has 2 amide bonds. The zero-order valence-electron chi connectivity index (χ0n) is 15.9. The van der Waals surface area contributed by atoms with Gasteiger partial charge < -0.3 is 15.1 Å². The van der Waals surface area contributed by atoms with Gasteiger partial charge in [0.25, 0.3) is 11.8 Å². The van der Waals surface area contributed by atoms with Gasteiger partial charge in [0.2, 0.25) is 0 Å². The maximum Gasteiger partial charge on any atom is 0.272 e. The molecule has 0 aliphatic carbocycles. The number of para-hydroxylation sites is 1. The Kier molecular flexibility index (Phi) is 6.07. The van der Waals surface area contributed by atoms with Crippen LogP contribution in [0.15, 0.2) is 77.0 Å². The molecule has 5 nitrogen and oxygen atoms in total. The van der Waals surface area contributed by atoms with Gasteiger partial charge in [-0.3, -0.25) is 9.59 Å². The van der Waals surface area contributed by atoms with Gasteiger partial charge in [0.15, 0.2) is 0 Å². The Labute approximate surface area is 164 Å². The molecule has 0 radical (unpaired) electrons. The summed E-state index contributed by atoms with van der Waals surface area (Å²) in [5.41, 5.74) is 3.17. The van der Waals surface area contributed by atoms with Crippen LogP contribution in [0.3, 0.4) is 0 Å². The largest absolute Gasteiger partial charge is 0.465 e. The van der Waals surface area contributed by atoms with Crippen LogP contribution < -0.4 is 10.6 Å². The summed E-state index contributed by atoms with van der Waals surface area (Å²) in [6.07, 6.45) is 3.81. The number of aryl methyl sites for hydroxylation is 2. The van der Waals surface area contributed by atoms with E-state index in [0.29, 0.717) is 17.0 Å². The van der Waals surface area contributed by atoms with E-state index in [1.165, 1.54) is 12.3 Å². The third-order valence-electron chi connectivity index (χ3n) is 4.36. The van der Waals surface area contributed by atoms with Gasteiger partial charge in [0.05, 0.1) is 6.26 Å². The number of furan rings is 1. The standard InChI is InChI=1S/C23H22N2O3/c1-3-17-10-5-7-13-20(17)24-23(27)21(15-18-11-8-14-28-18)25-22(26)19-12-6-4-9-16(19)2/h4-15H,3H2,1-2H3,(H,24,27)(H,25,26)/b21-15-. The molecule has 2 N–H and O–H groups in total. The van der Waals surface area contributed by atoms with E-state index >= 15 is 0 Å². The SMILES string of the molecule is CCc1ccccc1NC(=O)/C(=C/c1ccco1)NC(=O)c1ccccc1C. The van der Waals surface area contributed by atoms with Gasteiger partial charge in [-0.25, -0.2) is 0 Å². The van der Waals surface area contributed by atoms with Crippen LogP contribution >= 0.6 is 0 Å². The monoisotopic (exact) mass is 374 g/mol. The lowest BCUT2D eigenvalue weighted by molar-refractivity contribution is -0.113. The van der Waals surface area contributed by atoms with Crippen LogP contribution in [0.2, 0.25) is 0 Å². The number of carbonyl (C=O) groups is 2. The smallest absolute Gasteiger partial charge is 0.272 e. The highest BCUT2D eigenvalue weighted by atomic mass is 16.3. The summed E-state index contributed by atoms with van der Waals surface area (Å²) in [5.74, 6) is -0.298. The van der Waals surface area contributed by atoms with E-state index < -0.39 is 5.91 Å². The molecule has 3 rings (SSSR count). The fourth-order valence-corrected chi connectivity index (χ4v) is 2.83. The molecule has 5 heteroatoms. The van der Waals surface area contributed by atoms with Crippen molar-refractivity contribution in [3.05, 3.63) is 95.1 Å². The second-order valence-corrected chi connectivity index (χ2v) is 6.31. The molecular formula is C23H22N2O3. The van der Waals surface area contributed by atoms with E-state index in [2.05, 4.69) is 10.6 Å². The summed E-state index contributed by atoms with van der Waals surface area (Å²) < 4.78 is 5.31. The van der Waals surface area contributed by atoms with Crippen LogP contribution in [0, 0.1) is 6.92 Å². The van der Waals surface area contributed by atoms with E-state index in [4.69, 9.17) is 4.42 Å².